The molecular formula is C19H14FN3O3. The fourth-order valence-corrected chi connectivity index (χ4v) is 2.52. The van der Waals surface area contributed by atoms with Crippen LogP contribution in [-0.2, 0) is 22.7 Å². The predicted molar refractivity (Wildman–Crippen MR) is 91.5 cm³/mol. The van der Waals surface area contributed by atoms with Crippen LogP contribution >= 0.6 is 0 Å². The van der Waals surface area contributed by atoms with Crippen LogP contribution in [0.4, 0.5) is 4.39 Å². The summed E-state index contributed by atoms with van der Waals surface area (Å²) in [6.07, 6.45) is 1.22. The third-order valence-electron chi connectivity index (χ3n) is 3.85. The lowest BCUT2D eigenvalue weighted by Gasteiger charge is -2.09. The Labute approximate surface area is 148 Å². The van der Waals surface area contributed by atoms with Gasteiger partial charge in [0.25, 0.3) is 0 Å². The van der Waals surface area contributed by atoms with E-state index in [0.29, 0.717) is 16.5 Å². The van der Waals surface area contributed by atoms with E-state index in [1.165, 1.54) is 18.3 Å². The Hall–Kier alpha value is -3.53. The fraction of sp³-hybridized carbons (Fsp3) is 0.158. The minimum Gasteiger partial charge on any atom is -0.461 e. The van der Waals surface area contributed by atoms with Gasteiger partial charge in [-0.15, -0.1) is 0 Å². The normalized spacial score (nSPS) is 10.5. The smallest absolute Gasteiger partial charge is 0.308 e. The van der Waals surface area contributed by atoms with E-state index in [9.17, 15) is 14.0 Å². The third-order valence-corrected chi connectivity index (χ3v) is 3.85. The maximum Gasteiger partial charge on any atom is 0.308 e. The first-order valence-electron chi connectivity index (χ1n) is 7.87. The number of nitriles is 1. The van der Waals surface area contributed by atoms with Crippen LogP contribution in [0, 0.1) is 17.1 Å². The van der Waals surface area contributed by atoms with E-state index in [1.54, 1.807) is 28.9 Å². The summed E-state index contributed by atoms with van der Waals surface area (Å²) in [5.74, 6) is -1.07. The minimum absolute atomic E-state index is 0.0133. The SMILES string of the molecule is N#Cc1ccc(F)c(COC(=O)CCn2ncc(=O)c3ccccc32)c1. The number of aryl methyl sites for hydroxylation is 1. The van der Waals surface area contributed by atoms with Crippen molar-refractivity contribution in [3.05, 3.63) is 75.8 Å². The van der Waals surface area contributed by atoms with Gasteiger partial charge in [0.2, 0.25) is 5.43 Å². The molecule has 130 valence electrons. The van der Waals surface area contributed by atoms with Gasteiger partial charge in [-0.1, -0.05) is 12.1 Å². The van der Waals surface area contributed by atoms with Crippen LogP contribution in [0.15, 0.2) is 53.5 Å². The van der Waals surface area contributed by atoms with Crippen molar-refractivity contribution in [3.8, 4) is 6.07 Å². The van der Waals surface area contributed by atoms with Gasteiger partial charge in [0.1, 0.15) is 12.4 Å². The Morgan fingerprint density at radius 1 is 1.27 bits per heavy atom. The van der Waals surface area contributed by atoms with Crippen molar-refractivity contribution < 1.29 is 13.9 Å². The summed E-state index contributed by atoms with van der Waals surface area (Å²) in [6.45, 7) is -0.0289. The van der Waals surface area contributed by atoms with E-state index in [0.717, 1.165) is 6.07 Å². The zero-order valence-electron chi connectivity index (χ0n) is 13.7. The van der Waals surface area contributed by atoms with Gasteiger partial charge < -0.3 is 4.74 Å². The number of halogens is 1. The highest BCUT2D eigenvalue weighted by molar-refractivity contribution is 5.78. The molecule has 26 heavy (non-hydrogen) atoms. The lowest BCUT2D eigenvalue weighted by Crippen LogP contribution is -2.15. The number of rotatable bonds is 5. The van der Waals surface area contributed by atoms with Crippen LogP contribution < -0.4 is 5.43 Å². The van der Waals surface area contributed by atoms with Crippen molar-refractivity contribution in [2.75, 3.05) is 0 Å². The summed E-state index contributed by atoms with van der Waals surface area (Å²) in [5.41, 5.74) is 0.874. The number of ether oxygens (including phenoxy) is 1. The topological polar surface area (TPSA) is 85.0 Å². The number of esters is 1. The standard InChI is InChI=1S/C19H14FN3O3/c20-16-6-5-13(10-21)9-14(16)12-26-19(25)7-8-23-17-4-2-1-3-15(17)18(24)11-22-23/h1-6,9,11H,7-8,12H2. The van der Waals surface area contributed by atoms with Crippen LogP contribution in [0.1, 0.15) is 17.5 Å². The second kappa shape index (κ2) is 7.57. The summed E-state index contributed by atoms with van der Waals surface area (Å²) in [6, 6.07) is 12.8. The fourth-order valence-electron chi connectivity index (χ4n) is 2.52. The molecule has 0 bridgehead atoms. The number of benzene rings is 2. The highest BCUT2D eigenvalue weighted by Crippen LogP contribution is 2.12. The molecule has 0 atom stereocenters. The first kappa shape index (κ1) is 17.3. The molecule has 0 fully saturated rings. The van der Waals surface area contributed by atoms with E-state index in [2.05, 4.69) is 5.10 Å². The van der Waals surface area contributed by atoms with E-state index in [4.69, 9.17) is 10.00 Å². The van der Waals surface area contributed by atoms with Gasteiger partial charge in [-0.2, -0.15) is 10.4 Å². The molecule has 3 aromatic rings. The van der Waals surface area contributed by atoms with Gasteiger partial charge in [0.15, 0.2) is 0 Å². The summed E-state index contributed by atoms with van der Waals surface area (Å²) in [4.78, 5) is 23.7. The molecule has 0 unspecified atom stereocenters. The lowest BCUT2D eigenvalue weighted by atomic mass is 10.1. The number of nitrogens with zero attached hydrogens (tertiary/aromatic N) is 3. The number of para-hydroxylation sites is 1. The molecule has 0 saturated carbocycles. The molecular weight excluding hydrogens is 337 g/mol. The van der Waals surface area contributed by atoms with Crippen molar-refractivity contribution in [1.29, 1.82) is 5.26 Å². The number of hydrogen-bond acceptors (Lipinski definition) is 5. The van der Waals surface area contributed by atoms with E-state index in [1.807, 2.05) is 6.07 Å². The third kappa shape index (κ3) is 3.75. The zero-order chi connectivity index (χ0) is 18.5. The zero-order valence-corrected chi connectivity index (χ0v) is 13.7. The summed E-state index contributed by atoms with van der Waals surface area (Å²) in [5, 5.41) is 13.4. The number of carbonyl (C=O) groups excluding carboxylic acids is 1. The summed E-state index contributed by atoms with van der Waals surface area (Å²) < 4.78 is 20.3. The van der Waals surface area contributed by atoms with Crippen LogP contribution in [0.3, 0.4) is 0 Å². The van der Waals surface area contributed by atoms with Gasteiger partial charge in [0.05, 0.1) is 36.3 Å². The molecule has 0 aliphatic heterocycles. The van der Waals surface area contributed by atoms with Crippen LogP contribution in [0.25, 0.3) is 10.9 Å². The quantitative estimate of drug-likeness (QED) is 0.660. The van der Waals surface area contributed by atoms with Gasteiger partial charge >= 0.3 is 5.97 Å². The first-order chi connectivity index (χ1) is 12.6. The van der Waals surface area contributed by atoms with E-state index in [-0.39, 0.29) is 30.6 Å². The van der Waals surface area contributed by atoms with E-state index < -0.39 is 11.8 Å². The molecule has 0 aliphatic carbocycles. The van der Waals surface area contributed by atoms with Crippen molar-refractivity contribution in [3.63, 3.8) is 0 Å². The van der Waals surface area contributed by atoms with Crippen LogP contribution in [0.2, 0.25) is 0 Å². The number of aromatic nitrogens is 2. The average molecular weight is 351 g/mol. The Bertz CT molecular complexity index is 1070. The lowest BCUT2D eigenvalue weighted by molar-refractivity contribution is -0.145. The average Bonchev–Trinajstić information content (AvgIpc) is 2.67. The number of hydrogen-bond donors (Lipinski definition) is 0. The van der Waals surface area contributed by atoms with Gasteiger partial charge in [0, 0.05) is 10.9 Å². The minimum atomic E-state index is -0.537. The van der Waals surface area contributed by atoms with Crippen LogP contribution in [0.5, 0.6) is 0 Å². The van der Waals surface area contributed by atoms with Gasteiger partial charge in [-0.25, -0.2) is 4.39 Å². The predicted octanol–water partition coefficient (Wildman–Crippen LogP) is 2.54. The maximum atomic E-state index is 13.7. The maximum absolute atomic E-state index is 13.7. The summed E-state index contributed by atoms with van der Waals surface area (Å²) >= 11 is 0. The van der Waals surface area contributed by atoms with Crippen molar-refractivity contribution in [2.24, 2.45) is 0 Å². The Balaban J connectivity index is 1.65. The molecule has 0 aliphatic rings. The molecule has 0 N–H and O–H groups in total. The monoisotopic (exact) mass is 351 g/mol. The highest BCUT2D eigenvalue weighted by Gasteiger charge is 2.10. The molecule has 6 nitrogen and oxygen atoms in total. The number of carbonyl (C=O) groups is 1. The van der Waals surface area contributed by atoms with Gasteiger partial charge in [-0.05, 0) is 30.3 Å². The van der Waals surface area contributed by atoms with E-state index >= 15 is 0 Å². The van der Waals surface area contributed by atoms with Crippen molar-refractivity contribution in [1.82, 2.24) is 9.78 Å². The molecule has 0 radical (unpaired) electrons. The molecule has 0 saturated heterocycles. The molecule has 3 rings (SSSR count). The molecule has 1 aromatic heterocycles. The largest absolute Gasteiger partial charge is 0.461 e. The van der Waals surface area contributed by atoms with Crippen molar-refractivity contribution >= 4 is 16.9 Å². The highest BCUT2D eigenvalue weighted by atomic mass is 19.1. The molecule has 0 spiro atoms. The second-order valence-corrected chi connectivity index (χ2v) is 5.58. The summed E-state index contributed by atoms with van der Waals surface area (Å²) in [7, 11) is 0. The van der Waals surface area contributed by atoms with Crippen LogP contribution in [-0.4, -0.2) is 15.7 Å². The second-order valence-electron chi connectivity index (χ2n) is 5.58. The Morgan fingerprint density at radius 2 is 2.08 bits per heavy atom. The Morgan fingerprint density at radius 3 is 2.88 bits per heavy atom. The Kier molecular flexibility index (Phi) is 5.04. The molecule has 7 heteroatoms. The molecule has 2 aromatic carbocycles. The van der Waals surface area contributed by atoms with Crippen molar-refractivity contribution in [2.45, 2.75) is 19.6 Å². The molecule has 1 heterocycles. The number of fused-ring (bicyclic) bond motifs is 1. The first-order valence-corrected chi connectivity index (χ1v) is 7.87. The molecule has 0 amide bonds. The van der Waals surface area contributed by atoms with Gasteiger partial charge in [-0.3, -0.25) is 14.3 Å².